The SMILES string of the molecule is Nc1ccc(NCCC(F)(F)F)c2cccnc12. The number of halogens is 3. The first-order chi connectivity index (χ1) is 8.47. The number of alkyl halides is 3. The lowest BCUT2D eigenvalue weighted by molar-refractivity contribution is -0.131. The van der Waals surface area contributed by atoms with Crippen LogP contribution in [-0.2, 0) is 0 Å². The third-order valence-corrected chi connectivity index (χ3v) is 2.52. The lowest BCUT2D eigenvalue weighted by Gasteiger charge is -2.11. The molecule has 0 saturated heterocycles. The van der Waals surface area contributed by atoms with Gasteiger partial charge in [0.1, 0.15) is 0 Å². The number of anilines is 2. The molecule has 0 fully saturated rings. The van der Waals surface area contributed by atoms with Gasteiger partial charge in [-0.1, -0.05) is 0 Å². The Morgan fingerprint density at radius 1 is 1.22 bits per heavy atom. The Kier molecular flexibility index (Phi) is 3.27. The average Bonchev–Trinajstić information content (AvgIpc) is 2.31. The van der Waals surface area contributed by atoms with Crippen LogP contribution >= 0.6 is 0 Å². The molecule has 0 aliphatic heterocycles. The highest BCUT2D eigenvalue weighted by Gasteiger charge is 2.26. The van der Waals surface area contributed by atoms with Crippen LogP contribution in [0.5, 0.6) is 0 Å². The van der Waals surface area contributed by atoms with Gasteiger partial charge >= 0.3 is 6.18 Å². The number of hydrogen-bond donors (Lipinski definition) is 2. The number of rotatable bonds is 3. The van der Waals surface area contributed by atoms with Gasteiger partial charge in [0.15, 0.2) is 0 Å². The summed E-state index contributed by atoms with van der Waals surface area (Å²) in [6.07, 6.45) is -3.44. The van der Waals surface area contributed by atoms with Gasteiger partial charge in [-0.05, 0) is 24.3 Å². The van der Waals surface area contributed by atoms with Crippen LogP contribution in [0.1, 0.15) is 6.42 Å². The number of fused-ring (bicyclic) bond motifs is 1. The van der Waals surface area contributed by atoms with Gasteiger partial charge in [0.05, 0.1) is 17.6 Å². The van der Waals surface area contributed by atoms with Crippen molar-refractivity contribution in [2.24, 2.45) is 0 Å². The standard InChI is InChI=1S/C12H12F3N3/c13-12(14,15)5-7-17-10-4-3-9(16)11-8(10)2-1-6-18-11/h1-4,6,17H,5,7,16H2. The summed E-state index contributed by atoms with van der Waals surface area (Å²) in [6, 6.07) is 6.78. The molecular weight excluding hydrogens is 243 g/mol. The summed E-state index contributed by atoms with van der Waals surface area (Å²) in [7, 11) is 0. The topological polar surface area (TPSA) is 50.9 Å². The van der Waals surface area contributed by atoms with E-state index in [0.717, 1.165) is 5.39 Å². The fourth-order valence-corrected chi connectivity index (χ4v) is 1.69. The summed E-state index contributed by atoms with van der Waals surface area (Å²) in [5, 5.41) is 3.48. The number of aromatic nitrogens is 1. The van der Waals surface area contributed by atoms with Crippen molar-refractivity contribution in [3.8, 4) is 0 Å². The molecule has 0 spiro atoms. The zero-order chi connectivity index (χ0) is 13.2. The van der Waals surface area contributed by atoms with Gasteiger partial charge in [0.25, 0.3) is 0 Å². The smallest absolute Gasteiger partial charge is 0.390 e. The van der Waals surface area contributed by atoms with Gasteiger partial charge in [-0.15, -0.1) is 0 Å². The Morgan fingerprint density at radius 2 is 2.00 bits per heavy atom. The van der Waals surface area contributed by atoms with Crippen molar-refractivity contribution in [3.63, 3.8) is 0 Å². The zero-order valence-corrected chi connectivity index (χ0v) is 9.46. The molecule has 2 rings (SSSR count). The highest BCUT2D eigenvalue weighted by molar-refractivity contribution is 5.98. The van der Waals surface area contributed by atoms with Gasteiger partial charge < -0.3 is 11.1 Å². The van der Waals surface area contributed by atoms with Crippen molar-refractivity contribution < 1.29 is 13.2 Å². The van der Waals surface area contributed by atoms with Gasteiger partial charge in [-0.3, -0.25) is 4.98 Å². The fraction of sp³-hybridized carbons (Fsp3) is 0.250. The van der Waals surface area contributed by atoms with E-state index in [0.29, 0.717) is 16.9 Å². The van der Waals surface area contributed by atoms with Crippen LogP contribution in [0.15, 0.2) is 30.5 Å². The second-order valence-corrected chi connectivity index (χ2v) is 3.89. The van der Waals surface area contributed by atoms with Crippen LogP contribution in [0.25, 0.3) is 10.9 Å². The van der Waals surface area contributed by atoms with Crippen molar-refractivity contribution >= 4 is 22.3 Å². The molecule has 0 radical (unpaired) electrons. The first-order valence-electron chi connectivity index (χ1n) is 5.41. The van der Waals surface area contributed by atoms with Gasteiger partial charge in [-0.25, -0.2) is 0 Å². The molecular formula is C12H12F3N3. The van der Waals surface area contributed by atoms with Crippen LogP contribution < -0.4 is 11.1 Å². The van der Waals surface area contributed by atoms with Crippen LogP contribution in [0.2, 0.25) is 0 Å². The Hall–Kier alpha value is -1.98. The molecule has 3 N–H and O–H groups in total. The number of nitrogens with one attached hydrogen (secondary N) is 1. The molecule has 1 aromatic heterocycles. The van der Waals surface area contributed by atoms with Gasteiger partial charge in [-0.2, -0.15) is 13.2 Å². The Balaban J connectivity index is 2.21. The molecule has 6 heteroatoms. The Bertz CT molecular complexity index is 552. The average molecular weight is 255 g/mol. The van der Waals surface area contributed by atoms with E-state index in [2.05, 4.69) is 10.3 Å². The zero-order valence-electron chi connectivity index (χ0n) is 9.46. The second kappa shape index (κ2) is 4.72. The molecule has 0 aliphatic rings. The second-order valence-electron chi connectivity index (χ2n) is 3.89. The number of nitrogens with two attached hydrogens (primary N) is 1. The first kappa shape index (κ1) is 12.5. The summed E-state index contributed by atoms with van der Waals surface area (Å²) < 4.78 is 36.2. The lowest BCUT2D eigenvalue weighted by atomic mass is 10.1. The quantitative estimate of drug-likeness (QED) is 0.828. The monoisotopic (exact) mass is 255 g/mol. The number of pyridine rings is 1. The molecule has 0 saturated carbocycles. The predicted molar refractivity (Wildman–Crippen MR) is 65.3 cm³/mol. The van der Waals surface area contributed by atoms with Crippen LogP contribution in [-0.4, -0.2) is 17.7 Å². The predicted octanol–water partition coefficient (Wildman–Crippen LogP) is 3.18. The largest absolute Gasteiger partial charge is 0.397 e. The number of hydrogen-bond acceptors (Lipinski definition) is 3. The minimum absolute atomic E-state index is 0.169. The van der Waals surface area contributed by atoms with Gasteiger partial charge in [0, 0.05) is 23.8 Å². The Morgan fingerprint density at radius 3 is 2.72 bits per heavy atom. The molecule has 0 atom stereocenters. The van der Waals surface area contributed by atoms with Crippen LogP contribution in [0, 0.1) is 0 Å². The molecule has 0 amide bonds. The molecule has 1 heterocycles. The van der Waals surface area contributed by atoms with E-state index in [4.69, 9.17) is 5.73 Å². The molecule has 0 bridgehead atoms. The van der Waals surface area contributed by atoms with Crippen molar-refractivity contribution in [2.45, 2.75) is 12.6 Å². The number of nitrogen functional groups attached to an aromatic ring is 1. The highest BCUT2D eigenvalue weighted by atomic mass is 19.4. The number of benzene rings is 1. The van der Waals surface area contributed by atoms with Crippen molar-refractivity contribution in [1.29, 1.82) is 0 Å². The molecule has 0 unspecified atom stereocenters. The maximum absolute atomic E-state index is 12.1. The van der Waals surface area contributed by atoms with E-state index in [9.17, 15) is 13.2 Å². The van der Waals surface area contributed by atoms with E-state index >= 15 is 0 Å². The van der Waals surface area contributed by atoms with Crippen molar-refractivity contribution in [3.05, 3.63) is 30.5 Å². The molecule has 2 aromatic rings. The Labute approximate surface area is 102 Å². The number of nitrogens with zero attached hydrogens (tertiary/aromatic N) is 1. The van der Waals surface area contributed by atoms with Crippen LogP contribution in [0.3, 0.4) is 0 Å². The van der Waals surface area contributed by atoms with Crippen molar-refractivity contribution in [2.75, 3.05) is 17.6 Å². The summed E-state index contributed by atoms with van der Waals surface area (Å²) in [5.41, 5.74) is 7.46. The van der Waals surface area contributed by atoms with E-state index in [-0.39, 0.29) is 6.54 Å². The van der Waals surface area contributed by atoms with E-state index in [1.165, 1.54) is 0 Å². The summed E-state index contributed by atoms with van der Waals surface area (Å²) in [6.45, 7) is -0.169. The molecule has 96 valence electrons. The lowest BCUT2D eigenvalue weighted by Crippen LogP contribution is -2.14. The fourth-order valence-electron chi connectivity index (χ4n) is 1.69. The van der Waals surface area contributed by atoms with E-state index in [1.54, 1.807) is 30.5 Å². The minimum Gasteiger partial charge on any atom is -0.397 e. The normalized spacial score (nSPS) is 11.7. The molecule has 1 aromatic carbocycles. The maximum atomic E-state index is 12.1. The summed E-state index contributed by atoms with van der Waals surface area (Å²) in [4.78, 5) is 4.11. The third kappa shape index (κ3) is 2.82. The molecule has 18 heavy (non-hydrogen) atoms. The summed E-state index contributed by atoms with van der Waals surface area (Å²) in [5.74, 6) is 0. The minimum atomic E-state index is -4.16. The van der Waals surface area contributed by atoms with E-state index in [1.807, 2.05) is 0 Å². The van der Waals surface area contributed by atoms with E-state index < -0.39 is 12.6 Å². The summed E-state index contributed by atoms with van der Waals surface area (Å²) >= 11 is 0. The van der Waals surface area contributed by atoms with Crippen molar-refractivity contribution in [1.82, 2.24) is 4.98 Å². The third-order valence-electron chi connectivity index (χ3n) is 2.52. The van der Waals surface area contributed by atoms with Gasteiger partial charge in [0.2, 0.25) is 0 Å². The maximum Gasteiger partial charge on any atom is 0.390 e. The highest BCUT2D eigenvalue weighted by Crippen LogP contribution is 2.27. The molecule has 3 nitrogen and oxygen atoms in total. The molecule has 0 aliphatic carbocycles. The first-order valence-corrected chi connectivity index (χ1v) is 5.41. The van der Waals surface area contributed by atoms with Crippen LogP contribution in [0.4, 0.5) is 24.5 Å².